The average molecular weight is 196 g/mol. The van der Waals surface area contributed by atoms with Crippen LogP contribution in [-0.2, 0) is 0 Å². The summed E-state index contributed by atoms with van der Waals surface area (Å²) >= 11 is 0. The average Bonchev–Trinajstić information content (AvgIpc) is 2.17. The van der Waals surface area contributed by atoms with Crippen LogP contribution in [0.15, 0.2) is 24.3 Å². The molecule has 0 spiro atoms. The summed E-state index contributed by atoms with van der Waals surface area (Å²) in [5.41, 5.74) is 6.05. The van der Waals surface area contributed by atoms with Crippen LogP contribution in [0.25, 0.3) is 0 Å². The molecule has 0 fully saturated rings. The second-order valence-electron chi connectivity index (χ2n) is 3.84. The number of nitrogens with one attached hydrogen (secondary N) is 1. The lowest BCUT2D eigenvalue weighted by Gasteiger charge is -2.19. The number of hydrogen-bond donors (Lipinski definition) is 2. The van der Waals surface area contributed by atoms with Crippen LogP contribution in [-0.4, -0.2) is 18.8 Å². The number of rotatable bonds is 4. The lowest BCUT2D eigenvalue weighted by molar-refractivity contribution is 0.217. The molecule has 1 aromatic carbocycles. The van der Waals surface area contributed by atoms with Crippen molar-refractivity contribution < 1.29 is 4.39 Å². The van der Waals surface area contributed by atoms with Gasteiger partial charge in [0.25, 0.3) is 0 Å². The molecule has 78 valence electrons. The first-order valence-corrected chi connectivity index (χ1v) is 4.73. The van der Waals surface area contributed by atoms with Crippen molar-refractivity contribution in [3.63, 3.8) is 0 Å². The van der Waals surface area contributed by atoms with Gasteiger partial charge < -0.3 is 11.1 Å². The van der Waals surface area contributed by atoms with Crippen LogP contribution < -0.4 is 11.1 Å². The Hall–Kier alpha value is -1.09. The highest BCUT2D eigenvalue weighted by Crippen LogP contribution is 2.12. The monoisotopic (exact) mass is 196 g/mol. The first kappa shape index (κ1) is 11.0. The minimum absolute atomic E-state index is 0.0336. The molecule has 0 aromatic heterocycles. The molecule has 1 rings (SSSR count). The highest BCUT2D eigenvalue weighted by molar-refractivity contribution is 5.44. The van der Waals surface area contributed by atoms with Crippen LogP contribution in [0.1, 0.15) is 12.5 Å². The molecular weight excluding hydrogens is 179 g/mol. The summed E-state index contributed by atoms with van der Waals surface area (Å²) in [4.78, 5) is 0. The van der Waals surface area contributed by atoms with Gasteiger partial charge in [-0.15, -0.1) is 0 Å². The number of aryl methyl sites for hydroxylation is 1. The molecule has 1 atom stereocenters. The molecule has 0 amide bonds. The Bertz CT molecular complexity index is 280. The van der Waals surface area contributed by atoms with Crippen molar-refractivity contribution in [2.45, 2.75) is 19.5 Å². The molecule has 0 bridgehead atoms. The molecule has 0 aliphatic heterocycles. The Morgan fingerprint density at radius 2 is 1.93 bits per heavy atom. The van der Waals surface area contributed by atoms with Gasteiger partial charge in [-0.05, 0) is 26.0 Å². The van der Waals surface area contributed by atoms with Crippen molar-refractivity contribution in [3.05, 3.63) is 29.8 Å². The van der Waals surface area contributed by atoms with E-state index in [0.29, 0.717) is 0 Å². The van der Waals surface area contributed by atoms with Gasteiger partial charge in [0.05, 0.1) is 0 Å². The summed E-state index contributed by atoms with van der Waals surface area (Å²) in [6.07, 6.45) is 0. The number of benzene rings is 1. The van der Waals surface area contributed by atoms with Gasteiger partial charge in [0.2, 0.25) is 0 Å². The van der Waals surface area contributed by atoms with Gasteiger partial charge in [-0.3, -0.25) is 0 Å². The maximum absolute atomic E-state index is 13.4. The molecule has 14 heavy (non-hydrogen) atoms. The van der Waals surface area contributed by atoms with Gasteiger partial charge in [-0.1, -0.05) is 17.7 Å². The molecular formula is C11H17FN2. The van der Waals surface area contributed by atoms with Gasteiger partial charge in [0, 0.05) is 18.8 Å². The summed E-state index contributed by atoms with van der Waals surface area (Å²) in [6, 6.07) is 7.84. The van der Waals surface area contributed by atoms with Crippen molar-refractivity contribution in [2.75, 3.05) is 18.4 Å². The molecule has 1 aromatic rings. The number of nitrogens with two attached hydrogens (primary N) is 1. The maximum Gasteiger partial charge on any atom is 0.137 e. The smallest absolute Gasteiger partial charge is 0.137 e. The number of hydrogen-bond acceptors (Lipinski definition) is 2. The van der Waals surface area contributed by atoms with Gasteiger partial charge >= 0.3 is 0 Å². The minimum Gasteiger partial charge on any atom is -0.382 e. The van der Waals surface area contributed by atoms with Gasteiger partial charge in [-0.25, -0.2) is 4.39 Å². The third-order valence-electron chi connectivity index (χ3n) is 2.14. The highest BCUT2D eigenvalue weighted by atomic mass is 19.1. The molecule has 0 aliphatic rings. The minimum atomic E-state index is -1.34. The van der Waals surface area contributed by atoms with Gasteiger partial charge in [-0.2, -0.15) is 0 Å². The third kappa shape index (κ3) is 3.34. The van der Waals surface area contributed by atoms with E-state index in [4.69, 9.17) is 5.73 Å². The normalized spacial score (nSPS) is 14.9. The number of alkyl halides is 1. The fourth-order valence-corrected chi connectivity index (χ4v) is 1.03. The molecule has 3 N–H and O–H groups in total. The predicted octanol–water partition coefficient (Wildman–Crippen LogP) is 2.09. The van der Waals surface area contributed by atoms with E-state index in [0.717, 1.165) is 5.69 Å². The first-order valence-electron chi connectivity index (χ1n) is 4.73. The SMILES string of the molecule is Cc1ccc(NCC(C)(F)CN)cc1. The molecule has 0 radical (unpaired) electrons. The third-order valence-corrected chi connectivity index (χ3v) is 2.14. The zero-order valence-electron chi connectivity index (χ0n) is 8.68. The number of anilines is 1. The Balaban J connectivity index is 2.50. The second kappa shape index (κ2) is 4.42. The van der Waals surface area contributed by atoms with Gasteiger partial charge in [0.15, 0.2) is 0 Å². The van der Waals surface area contributed by atoms with Crippen LogP contribution in [0.5, 0.6) is 0 Å². The van der Waals surface area contributed by atoms with Crippen LogP contribution in [0.2, 0.25) is 0 Å². The topological polar surface area (TPSA) is 38.0 Å². The van der Waals surface area contributed by atoms with Crippen molar-refractivity contribution in [3.8, 4) is 0 Å². The van der Waals surface area contributed by atoms with Crippen molar-refractivity contribution in [1.82, 2.24) is 0 Å². The van der Waals surface area contributed by atoms with Crippen molar-refractivity contribution >= 4 is 5.69 Å². The van der Waals surface area contributed by atoms with E-state index in [-0.39, 0.29) is 13.1 Å². The van der Waals surface area contributed by atoms with Crippen LogP contribution in [0, 0.1) is 6.92 Å². The van der Waals surface area contributed by atoms with Crippen LogP contribution in [0.3, 0.4) is 0 Å². The standard InChI is InChI=1S/C11H17FN2/c1-9-3-5-10(6-4-9)14-8-11(2,12)7-13/h3-6,14H,7-8,13H2,1-2H3. The summed E-state index contributed by atoms with van der Waals surface area (Å²) in [6.45, 7) is 3.79. The molecule has 1 unspecified atom stereocenters. The Labute approximate surface area is 84.3 Å². The quantitative estimate of drug-likeness (QED) is 0.774. The Morgan fingerprint density at radius 3 is 2.43 bits per heavy atom. The molecule has 0 heterocycles. The van der Waals surface area contributed by atoms with Crippen LogP contribution in [0.4, 0.5) is 10.1 Å². The van der Waals surface area contributed by atoms with Crippen LogP contribution >= 0.6 is 0 Å². The zero-order valence-corrected chi connectivity index (χ0v) is 8.68. The van der Waals surface area contributed by atoms with E-state index in [1.165, 1.54) is 12.5 Å². The maximum atomic E-state index is 13.4. The van der Waals surface area contributed by atoms with E-state index in [1.54, 1.807) is 0 Å². The lowest BCUT2D eigenvalue weighted by atomic mass is 10.1. The fraction of sp³-hybridized carbons (Fsp3) is 0.455. The van der Waals surface area contributed by atoms with Crippen molar-refractivity contribution in [2.24, 2.45) is 5.73 Å². The summed E-state index contributed by atoms with van der Waals surface area (Å²) in [5.74, 6) is 0. The molecule has 3 heteroatoms. The Morgan fingerprint density at radius 1 is 1.36 bits per heavy atom. The molecule has 2 nitrogen and oxygen atoms in total. The molecule has 0 saturated heterocycles. The Kier molecular flexibility index (Phi) is 3.47. The molecule has 0 saturated carbocycles. The fourth-order valence-electron chi connectivity index (χ4n) is 1.03. The van der Waals surface area contributed by atoms with Crippen molar-refractivity contribution in [1.29, 1.82) is 0 Å². The predicted molar refractivity (Wildman–Crippen MR) is 58.2 cm³/mol. The highest BCUT2D eigenvalue weighted by Gasteiger charge is 2.19. The summed E-state index contributed by atoms with van der Waals surface area (Å²) < 4.78 is 13.4. The lowest BCUT2D eigenvalue weighted by Crippen LogP contribution is -2.36. The molecule has 0 aliphatic carbocycles. The largest absolute Gasteiger partial charge is 0.382 e. The first-order chi connectivity index (χ1) is 6.53. The van der Waals surface area contributed by atoms with E-state index in [2.05, 4.69) is 5.32 Å². The second-order valence-corrected chi connectivity index (χ2v) is 3.84. The summed E-state index contributed by atoms with van der Waals surface area (Å²) in [7, 11) is 0. The van der Waals surface area contributed by atoms with Gasteiger partial charge in [0.1, 0.15) is 5.67 Å². The van der Waals surface area contributed by atoms with E-state index >= 15 is 0 Å². The van der Waals surface area contributed by atoms with E-state index in [1.807, 2.05) is 31.2 Å². The van der Waals surface area contributed by atoms with E-state index in [9.17, 15) is 4.39 Å². The summed E-state index contributed by atoms with van der Waals surface area (Å²) in [5, 5.41) is 3.01. The number of halogens is 1. The van der Waals surface area contributed by atoms with E-state index < -0.39 is 5.67 Å². The zero-order chi connectivity index (χ0) is 10.6.